The van der Waals surface area contributed by atoms with Crippen LogP contribution in [-0.4, -0.2) is 42.7 Å². The summed E-state index contributed by atoms with van der Waals surface area (Å²) >= 11 is 0. The molecule has 0 spiro atoms. The Morgan fingerprint density at radius 3 is 2.46 bits per heavy atom. The maximum atomic E-state index is 13.4. The van der Waals surface area contributed by atoms with Crippen LogP contribution in [0.5, 0.6) is 11.5 Å². The first-order valence-electron chi connectivity index (χ1n) is 11.9. The van der Waals surface area contributed by atoms with Gasteiger partial charge >= 0.3 is 0 Å². The molecule has 0 aliphatic carbocycles. The lowest BCUT2D eigenvalue weighted by atomic mass is 10.1. The molecule has 0 atom stereocenters. The number of benzene rings is 2. The van der Waals surface area contributed by atoms with Gasteiger partial charge in [0.25, 0.3) is 11.5 Å². The van der Waals surface area contributed by atoms with Crippen LogP contribution in [0.4, 0.5) is 0 Å². The highest BCUT2D eigenvalue weighted by atomic mass is 16.5. The van der Waals surface area contributed by atoms with Gasteiger partial charge in [-0.2, -0.15) is 0 Å². The lowest BCUT2D eigenvalue weighted by molar-refractivity contribution is 0.0945. The van der Waals surface area contributed by atoms with E-state index in [1.54, 1.807) is 11.7 Å². The highest BCUT2D eigenvalue weighted by Crippen LogP contribution is 2.24. The Morgan fingerprint density at radius 2 is 1.71 bits per heavy atom. The fourth-order valence-electron chi connectivity index (χ4n) is 4.63. The van der Waals surface area contributed by atoms with Crippen molar-refractivity contribution < 1.29 is 14.3 Å². The van der Waals surface area contributed by atoms with Crippen molar-refractivity contribution in [3.8, 4) is 11.5 Å². The molecular formula is C28H33N3O4. The summed E-state index contributed by atoms with van der Waals surface area (Å²) in [4.78, 5) is 28.6. The Labute approximate surface area is 206 Å². The summed E-state index contributed by atoms with van der Waals surface area (Å²) in [5.74, 6) is 0.755. The van der Waals surface area contributed by atoms with E-state index in [2.05, 4.69) is 42.3 Å². The van der Waals surface area contributed by atoms with Gasteiger partial charge in [-0.1, -0.05) is 36.4 Å². The van der Waals surface area contributed by atoms with E-state index in [9.17, 15) is 9.59 Å². The molecule has 4 rings (SSSR count). The third-order valence-electron chi connectivity index (χ3n) is 6.74. The number of methoxy groups -OCH3 is 2. The van der Waals surface area contributed by atoms with Gasteiger partial charge in [0.05, 0.1) is 14.2 Å². The minimum atomic E-state index is -0.265. The molecule has 35 heavy (non-hydrogen) atoms. The second kappa shape index (κ2) is 10.8. The first-order valence-corrected chi connectivity index (χ1v) is 11.9. The average Bonchev–Trinajstić information content (AvgIpc) is 3.07. The fourth-order valence-corrected chi connectivity index (χ4v) is 4.63. The second-order valence-electron chi connectivity index (χ2n) is 8.96. The van der Waals surface area contributed by atoms with E-state index >= 15 is 0 Å². The lowest BCUT2D eigenvalue weighted by Crippen LogP contribution is -2.31. The topological polar surface area (TPSA) is 72.8 Å². The van der Waals surface area contributed by atoms with Gasteiger partial charge in [-0.25, -0.2) is 0 Å². The zero-order valence-corrected chi connectivity index (χ0v) is 20.9. The van der Waals surface area contributed by atoms with E-state index in [1.165, 1.54) is 29.9 Å². The van der Waals surface area contributed by atoms with E-state index in [1.807, 2.05) is 24.3 Å². The molecule has 0 fully saturated rings. The quantitative estimate of drug-likeness (QED) is 0.567. The zero-order valence-electron chi connectivity index (χ0n) is 20.9. The Kier molecular flexibility index (Phi) is 7.56. The largest absolute Gasteiger partial charge is 0.496 e. The first kappa shape index (κ1) is 24.5. The van der Waals surface area contributed by atoms with Crippen molar-refractivity contribution >= 4 is 5.91 Å². The van der Waals surface area contributed by atoms with E-state index in [0.29, 0.717) is 36.6 Å². The van der Waals surface area contributed by atoms with Gasteiger partial charge in [-0.3, -0.25) is 14.5 Å². The average molecular weight is 476 g/mol. The minimum Gasteiger partial charge on any atom is -0.496 e. The van der Waals surface area contributed by atoms with Crippen LogP contribution in [-0.2, 0) is 26.1 Å². The maximum absolute atomic E-state index is 13.4. The van der Waals surface area contributed by atoms with Crippen LogP contribution in [0.15, 0.2) is 53.3 Å². The van der Waals surface area contributed by atoms with Crippen molar-refractivity contribution in [3.63, 3.8) is 0 Å². The molecule has 1 aliphatic heterocycles. The molecule has 0 bridgehead atoms. The van der Waals surface area contributed by atoms with Crippen LogP contribution in [0, 0.1) is 13.8 Å². The molecule has 7 nitrogen and oxygen atoms in total. The highest BCUT2D eigenvalue weighted by Gasteiger charge is 2.25. The van der Waals surface area contributed by atoms with Crippen molar-refractivity contribution in [2.75, 3.05) is 27.3 Å². The SMILES string of the molecule is COc1ccccc1CNC(=O)c1c(OC)cc(=O)n2c1CCN(Cc1ccc(C)c(C)c1)CC2. The Balaban J connectivity index is 1.57. The predicted molar refractivity (Wildman–Crippen MR) is 136 cm³/mol. The monoisotopic (exact) mass is 475 g/mol. The third kappa shape index (κ3) is 5.41. The molecule has 0 saturated carbocycles. The molecule has 0 saturated heterocycles. The van der Waals surface area contributed by atoms with Crippen molar-refractivity contribution in [1.29, 1.82) is 0 Å². The van der Waals surface area contributed by atoms with E-state index < -0.39 is 0 Å². The van der Waals surface area contributed by atoms with E-state index in [4.69, 9.17) is 9.47 Å². The van der Waals surface area contributed by atoms with Crippen molar-refractivity contribution in [3.05, 3.63) is 92.4 Å². The molecule has 1 aliphatic rings. The van der Waals surface area contributed by atoms with Gasteiger partial charge in [-0.05, 0) is 36.6 Å². The number of pyridine rings is 1. The summed E-state index contributed by atoms with van der Waals surface area (Å²) < 4.78 is 12.6. The smallest absolute Gasteiger partial charge is 0.257 e. The number of ether oxygens (including phenoxy) is 2. The summed E-state index contributed by atoms with van der Waals surface area (Å²) in [6.07, 6.45) is 0.578. The van der Waals surface area contributed by atoms with E-state index in [-0.39, 0.29) is 11.5 Å². The molecule has 7 heteroatoms. The predicted octanol–water partition coefficient (Wildman–Crippen LogP) is 3.47. The van der Waals surface area contributed by atoms with Crippen LogP contribution < -0.4 is 20.3 Å². The molecule has 0 radical (unpaired) electrons. The number of hydrogen-bond donors (Lipinski definition) is 1. The van der Waals surface area contributed by atoms with Crippen molar-refractivity contribution in [2.45, 2.75) is 39.9 Å². The number of carbonyl (C=O) groups excluding carboxylic acids is 1. The highest BCUT2D eigenvalue weighted by molar-refractivity contribution is 5.98. The first-order chi connectivity index (χ1) is 16.9. The molecule has 3 aromatic rings. The van der Waals surface area contributed by atoms with Crippen molar-refractivity contribution in [1.82, 2.24) is 14.8 Å². The van der Waals surface area contributed by atoms with Crippen LogP contribution in [0.25, 0.3) is 0 Å². The van der Waals surface area contributed by atoms with Gasteiger partial charge in [-0.15, -0.1) is 0 Å². The number of rotatable bonds is 7. The summed E-state index contributed by atoms with van der Waals surface area (Å²) in [5.41, 5.74) is 5.67. The van der Waals surface area contributed by atoms with Crippen LogP contribution >= 0.6 is 0 Å². The number of nitrogens with one attached hydrogen (secondary N) is 1. The maximum Gasteiger partial charge on any atom is 0.257 e. The summed E-state index contributed by atoms with van der Waals surface area (Å²) in [7, 11) is 3.10. The number of carbonyl (C=O) groups is 1. The van der Waals surface area contributed by atoms with Gasteiger partial charge in [0.2, 0.25) is 0 Å². The van der Waals surface area contributed by atoms with Crippen LogP contribution in [0.3, 0.4) is 0 Å². The number of aromatic nitrogens is 1. The number of hydrogen-bond acceptors (Lipinski definition) is 5. The summed E-state index contributed by atoms with van der Waals surface area (Å²) in [6, 6.07) is 15.5. The molecule has 184 valence electrons. The standard InChI is InChI=1S/C28H33N3O4/c1-19-9-10-21(15-20(19)2)18-30-12-11-23-27(25(35-4)16-26(32)31(23)14-13-30)28(33)29-17-22-7-5-6-8-24(22)34-3/h5-10,15-16H,11-14,17-18H2,1-4H3,(H,29,33). The molecular weight excluding hydrogens is 442 g/mol. The normalized spacial score (nSPS) is 13.6. The number of amides is 1. The fraction of sp³-hybridized carbons (Fsp3) is 0.357. The minimum absolute atomic E-state index is 0.147. The Morgan fingerprint density at radius 1 is 0.943 bits per heavy atom. The zero-order chi connectivity index (χ0) is 24.9. The molecule has 2 aromatic carbocycles. The third-order valence-corrected chi connectivity index (χ3v) is 6.74. The number of aryl methyl sites for hydroxylation is 2. The molecule has 1 amide bonds. The summed E-state index contributed by atoms with van der Waals surface area (Å²) in [6.45, 7) is 7.34. The second-order valence-corrected chi connectivity index (χ2v) is 8.96. The molecule has 0 unspecified atom stereocenters. The molecule has 1 aromatic heterocycles. The number of nitrogens with zero attached hydrogens (tertiary/aromatic N) is 2. The molecule has 1 N–H and O–H groups in total. The molecule has 2 heterocycles. The lowest BCUT2D eigenvalue weighted by Gasteiger charge is -2.20. The summed E-state index contributed by atoms with van der Waals surface area (Å²) in [5, 5.41) is 2.99. The Bertz CT molecular complexity index is 1280. The number of para-hydroxylation sites is 1. The van der Waals surface area contributed by atoms with Gasteiger partial charge in [0.15, 0.2) is 0 Å². The van der Waals surface area contributed by atoms with Gasteiger partial charge < -0.3 is 19.4 Å². The van der Waals surface area contributed by atoms with Gasteiger partial charge in [0, 0.05) is 56.5 Å². The van der Waals surface area contributed by atoms with Crippen LogP contribution in [0.2, 0.25) is 0 Å². The van der Waals surface area contributed by atoms with Crippen LogP contribution in [0.1, 0.15) is 38.3 Å². The Hall–Kier alpha value is -3.58. The number of fused-ring (bicyclic) bond motifs is 1. The van der Waals surface area contributed by atoms with Crippen molar-refractivity contribution in [2.24, 2.45) is 0 Å². The van der Waals surface area contributed by atoms with Gasteiger partial charge in [0.1, 0.15) is 17.1 Å². The van der Waals surface area contributed by atoms with E-state index in [0.717, 1.165) is 30.9 Å².